The van der Waals surface area contributed by atoms with E-state index < -0.39 is 29.7 Å². The van der Waals surface area contributed by atoms with Crippen molar-refractivity contribution >= 4 is 0 Å². The number of nitrogens with one attached hydrogen (secondary N) is 1. The van der Waals surface area contributed by atoms with Gasteiger partial charge in [-0.3, -0.25) is 14.3 Å². The first kappa shape index (κ1) is 17.4. The zero-order valence-corrected chi connectivity index (χ0v) is 13.5. The first-order valence-electron chi connectivity index (χ1n) is 8.05. The molecule has 0 spiro atoms. The molecule has 1 aromatic heterocycles. The van der Waals surface area contributed by atoms with Crippen LogP contribution in [0.25, 0.3) is 0 Å². The van der Waals surface area contributed by atoms with Gasteiger partial charge in [-0.25, -0.2) is 4.79 Å². The Morgan fingerprint density at radius 3 is 2.72 bits per heavy atom. The Morgan fingerprint density at radius 2 is 2.04 bits per heavy atom. The number of aromatic amines is 1. The van der Waals surface area contributed by atoms with E-state index in [1.165, 1.54) is 6.20 Å². The van der Waals surface area contributed by atoms with Gasteiger partial charge in [0.1, 0.15) is 12.3 Å². The summed E-state index contributed by atoms with van der Waals surface area (Å²) in [6, 6.07) is 9.67. The number of hydrogen-bond donors (Lipinski definition) is 3. The number of H-pyrrole nitrogens is 1. The molecule has 2 aromatic rings. The highest BCUT2D eigenvalue weighted by Crippen LogP contribution is 2.27. The molecule has 1 aliphatic heterocycles. The van der Waals surface area contributed by atoms with Crippen molar-refractivity contribution in [3.63, 3.8) is 0 Å². The maximum Gasteiger partial charge on any atom is 0.330 e. The van der Waals surface area contributed by atoms with Crippen molar-refractivity contribution < 1.29 is 19.7 Å². The summed E-state index contributed by atoms with van der Waals surface area (Å²) in [5, 5.41) is 18.9. The van der Waals surface area contributed by atoms with Crippen LogP contribution in [0.15, 0.2) is 46.1 Å². The highest BCUT2D eigenvalue weighted by atomic mass is 16.5. The van der Waals surface area contributed by atoms with Gasteiger partial charge in [0.25, 0.3) is 5.56 Å². The van der Waals surface area contributed by atoms with E-state index in [1.807, 2.05) is 30.3 Å². The van der Waals surface area contributed by atoms with Crippen LogP contribution in [0.2, 0.25) is 0 Å². The quantitative estimate of drug-likeness (QED) is 0.666. The summed E-state index contributed by atoms with van der Waals surface area (Å²) in [4.78, 5) is 26.1. The van der Waals surface area contributed by atoms with E-state index in [9.17, 15) is 14.7 Å². The SMILES string of the molecule is O=c1[nH]c(=O)n(C2CC(O)C(CO)O2)cc1OCCc1ccccc1. The van der Waals surface area contributed by atoms with Crippen molar-refractivity contribution in [1.82, 2.24) is 9.55 Å². The second kappa shape index (κ2) is 7.64. The maximum absolute atomic E-state index is 12.0. The number of ether oxygens (including phenoxy) is 2. The first-order chi connectivity index (χ1) is 12.1. The predicted molar refractivity (Wildman–Crippen MR) is 88.6 cm³/mol. The Morgan fingerprint density at radius 1 is 1.28 bits per heavy atom. The average Bonchev–Trinajstić information content (AvgIpc) is 2.98. The summed E-state index contributed by atoms with van der Waals surface area (Å²) >= 11 is 0. The average molecular weight is 348 g/mol. The Bertz CT molecular complexity index is 816. The fraction of sp³-hybridized carbons (Fsp3) is 0.412. The molecule has 0 radical (unpaired) electrons. The Balaban J connectivity index is 1.72. The van der Waals surface area contributed by atoms with Gasteiger partial charge in [-0.1, -0.05) is 30.3 Å². The Labute approximate surface area is 143 Å². The van der Waals surface area contributed by atoms with E-state index in [0.29, 0.717) is 6.42 Å². The smallest absolute Gasteiger partial charge is 0.330 e. The van der Waals surface area contributed by atoms with Crippen molar-refractivity contribution in [1.29, 1.82) is 0 Å². The molecule has 2 heterocycles. The van der Waals surface area contributed by atoms with Crippen LogP contribution >= 0.6 is 0 Å². The molecule has 8 nitrogen and oxygen atoms in total. The molecule has 8 heteroatoms. The molecule has 3 N–H and O–H groups in total. The summed E-state index contributed by atoms with van der Waals surface area (Å²) in [6.45, 7) is -0.0745. The van der Waals surface area contributed by atoms with E-state index in [-0.39, 0.29) is 25.4 Å². The number of rotatable bonds is 6. The fourth-order valence-corrected chi connectivity index (χ4v) is 2.76. The minimum absolute atomic E-state index is 0.000990. The molecule has 1 saturated heterocycles. The van der Waals surface area contributed by atoms with Crippen molar-refractivity contribution in [2.45, 2.75) is 31.3 Å². The molecule has 3 unspecified atom stereocenters. The van der Waals surface area contributed by atoms with Crippen LogP contribution in [0.4, 0.5) is 0 Å². The van der Waals surface area contributed by atoms with Gasteiger partial charge in [0, 0.05) is 12.8 Å². The molecule has 1 aliphatic rings. The molecular weight excluding hydrogens is 328 g/mol. The predicted octanol–water partition coefficient (Wildman–Crippen LogP) is -0.201. The number of aliphatic hydroxyl groups is 2. The lowest BCUT2D eigenvalue weighted by Crippen LogP contribution is -2.33. The molecule has 1 aromatic carbocycles. The zero-order valence-electron chi connectivity index (χ0n) is 13.5. The van der Waals surface area contributed by atoms with Gasteiger partial charge in [0.05, 0.1) is 25.5 Å². The first-order valence-corrected chi connectivity index (χ1v) is 8.05. The zero-order chi connectivity index (χ0) is 17.8. The summed E-state index contributed by atoms with van der Waals surface area (Å²) in [5.74, 6) is 0.000990. The molecular formula is C17H20N2O6. The van der Waals surface area contributed by atoms with Crippen molar-refractivity contribution in [3.05, 3.63) is 62.9 Å². The van der Waals surface area contributed by atoms with E-state index in [4.69, 9.17) is 14.6 Å². The van der Waals surface area contributed by atoms with Gasteiger partial charge in [-0.05, 0) is 5.56 Å². The van der Waals surface area contributed by atoms with Gasteiger partial charge in [-0.2, -0.15) is 0 Å². The third kappa shape index (κ3) is 3.98. The molecule has 134 valence electrons. The van der Waals surface area contributed by atoms with E-state index in [2.05, 4.69) is 4.98 Å². The Kier molecular flexibility index (Phi) is 5.32. The molecule has 1 fully saturated rings. The third-order valence-electron chi connectivity index (χ3n) is 4.12. The van der Waals surface area contributed by atoms with E-state index >= 15 is 0 Å². The van der Waals surface area contributed by atoms with Crippen LogP contribution in [0.1, 0.15) is 18.2 Å². The second-order valence-electron chi connectivity index (χ2n) is 5.86. The summed E-state index contributed by atoms with van der Waals surface area (Å²) in [7, 11) is 0. The molecule has 0 aliphatic carbocycles. The minimum Gasteiger partial charge on any atom is -0.486 e. The van der Waals surface area contributed by atoms with Crippen LogP contribution in [-0.4, -0.2) is 45.2 Å². The molecule has 0 amide bonds. The number of hydrogen-bond acceptors (Lipinski definition) is 6. The lowest BCUT2D eigenvalue weighted by Gasteiger charge is -2.15. The largest absolute Gasteiger partial charge is 0.486 e. The Hall–Kier alpha value is -2.42. The number of benzene rings is 1. The van der Waals surface area contributed by atoms with E-state index in [1.54, 1.807) is 0 Å². The van der Waals surface area contributed by atoms with Crippen molar-refractivity contribution in [2.24, 2.45) is 0 Å². The van der Waals surface area contributed by atoms with Crippen LogP contribution in [-0.2, 0) is 11.2 Å². The fourth-order valence-electron chi connectivity index (χ4n) is 2.76. The van der Waals surface area contributed by atoms with Gasteiger partial charge < -0.3 is 19.7 Å². The number of nitrogens with zero attached hydrogens (tertiary/aromatic N) is 1. The van der Waals surface area contributed by atoms with Crippen LogP contribution in [0.5, 0.6) is 5.75 Å². The van der Waals surface area contributed by atoms with Gasteiger partial charge in [0.2, 0.25) is 5.75 Å². The number of aliphatic hydroxyl groups excluding tert-OH is 2. The minimum atomic E-state index is -0.878. The highest BCUT2D eigenvalue weighted by molar-refractivity contribution is 5.16. The molecule has 0 saturated carbocycles. The van der Waals surface area contributed by atoms with Crippen molar-refractivity contribution in [3.8, 4) is 5.75 Å². The normalized spacial score (nSPS) is 22.9. The van der Waals surface area contributed by atoms with Crippen LogP contribution in [0, 0.1) is 0 Å². The summed E-state index contributed by atoms with van der Waals surface area (Å²) in [5.41, 5.74) is -0.206. The molecule has 3 atom stereocenters. The molecule has 25 heavy (non-hydrogen) atoms. The van der Waals surface area contributed by atoms with Gasteiger partial charge >= 0.3 is 5.69 Å². The monoisotopic (exact) mass is 348 g/mol. The third-order valence-corrected chi connectivity index (χ3v) is 4.12. The maximum atomic E-state index is 12.0. The van der Waals surface area contributed by atoms with Crippen LogP contribution < -0.4 is 16.0 Å². The van der Waals surface area contributed by atoms with Crippen LogP contribution in [0.3, 0.4) is 0 Å². The summed E-state index contributed by atoms with van der Waals surface area (Å²) < 4.78 is 12.1. The second-order valence-corrected chi connectivity index (χ2v) is 5.86. The number of aromatic nitrogens is 2. The lowest BCUT2D eigenvalue weighted by molar-refractivity contribution is -0.0461. The topological polar surface area (TPSA) is 114 Å². The lowest BCUT2D eigenvalue weighted by atomic mass is 10.2. The van der Waals surface area contributed by atoms with Gasteiger partial charge in [-0.15, -0.1) is 0 Å². The molecule has 3 rings (SSSR count). The summed E-state index contributed by atoms with van der Waals surface area (Å²) in [6.07, 6.45) is -0.371. The standard InChI is InChI=1S/C17H20N2O6/c20-10-14-12(21)8-15(25-14)19-9-13(16(22)18-17(19)23)24-7-6-11-4-2-1-3-5-11/h1-5,9,12,14-15,20-21H,6-8,10H2,(H,18,22,23). The van der Waals surface area contributed by atoms with E-state index in [0.717, 1.165) is 10.1 Å². The van der Waals surface area contributed by atoms with Gasteiger partial charge in [0.15, 0.2) is 0 Å². The molecule has 0 bridgehead atoms. The van der Waals surface area contributed by atoms with Crippen molar-refractivity contribution in [2.75, 3.05) is 13.2 Å². The highest BCUT2D eigenvalue weighted by Gasteiger charge is 2.35.